The van der Waals surface area contributed by atoms with Gasteiger partial charge in [0.15, 0.2) is 0 Å². The summed E-state index contributed by atoms with van der Waals surface area (Å²) >= 11 is 0. The molecule has 2 rings (SSSR count). The Morgan fingerprint density at radius 2 is 2.37 bits per heavy atom. The summed E-state index contributed by atoms with van der Waals surface area (Å²) in [7, 11) is 0. The van der Waals surface area contributed by atoms with E-state index in [1.54, 1.807) is 0 Å². The largest absolute Gasteiger partial charge is 0.388 e. The lowest BCUT2D eigenvalue weighted by molar-refractivity contribution is -0.0109. The van der Waals surface area contributed by atoms with Crippen LogP contribution in [0.25, 0.3) is 0 Å². The summed E-state index contributed by atoms with van der Waals surface area (Å²) in [5.41, 5.74) is -0.640. The van der Waals surface area contributed by atoms with Gasteiger partial charge in [0.05, 0.1) is 11.2 Å². The molecule has 5 nitrogen and oxygen atoms in total. The third-order valence-corrected chi connectivity index (χ3v) is 3.69. The molecule has 0 saturated heterocycles. The third kappa shape index (κ3) is 3.67. The molecule has 104 valence electrons. The Kier molecular flexibility index (Phi) is 4.04. The van der Waals surface area contributed by atoms with Gasteiger partial charge in [0.1, 0.15) is 0 Å². The second kappa shape index (κ2) is 5.57. The normalized spacial score (nSPS) is 26.9. The number of hydrogen-bond acceptors (Lipinski definition) is 3. The molecule has 19 heavy (non-hydrogen) atoms. The van der Waals surface area contributed by atoms with Gasteiger partial charge in [-0.25, -0.2) is 0 Å². The molecule has 1 aromatic heterocycles. The van der Waals surface area contributed by atoms with Crippen LogP contribution in [0, 0.1) is 5.92 Å². The first-order valence-electron chi connectivity index (χ1n) is 6.68. The number of aliphatic hydroxyl groups is 1. The number of nitrogens with one attached hydrogen (secondary N) is 2. The molecule has 1 fully saturated rings. The quantitative estimate of drug-likeness (QED) is 0.763. The van der Waals surface area contributed by atoms with Gasteiger partial charge in [0, 0.05) is 18.8 Å². The summed E-state index contributed by atoms with van der Waals surface area (Å²) in [5, 5.41) is 13.1. The van der Waals surface area contributed by atoms with Crippen molar-refractivity contribution < 1.29 is 9.90 Å². The van der Waals surface area contributed by atoms with Crippen LogP contribution in [-0.2, 0) is 0 Å². The van der Waals surface area contributed by atoms with E-state index in [2.05, 4.69) is 17.2 Å². The maximum absolute atomic E-state index is 11.9. The minimum absolute atomic E-state index is 0.240. The average molecular weight is 264 g/mol. The van der Waals surface area contributed by atoms with Crippen molar-refractivity contribution in [2.24, 2.45) is 5.92 Å². The van der Waals surface area contributed by atoms with E-state index in [9.17, 15) is 14.7 Å². The van der Waals surface area contributed by atoms with Crippen LogP contribution >= 0.6 is 0 Å². The molecule has 0 spiro atoms. The van der Waals surface area contributed by atoms with Crippen molar-refractivity contribution in [2.45, 2.75) is 38.2 Å². The Labute approximate surface area is 112 Å². The number of aromatic amines is 1. The van der Waals surface area contributed by atoms with Crippen LogP contribution in [0.15, 0.2) is 23.1 Å². The highest BCUT2D eigenvalue weighted by Gasteiger charge is 2.32. The van der Waals surface area contributed by atoms with Crippen molar-refractivity contribution in [3.8, 4) is 0 Å². The fourth-order valence-corrected chi connectivity index (χ4v) is 2.69. The van der Waals surface area contributed by atoms with Gasteiger partial charge in [-0.1, -0.05) is 19.8 Å². The molecule has 1 saturated carbocycles. The van der Waals surface area contributed by atoms with E-state index in [-0.39, 0.29) is 18.0 Å². The zero-order chi connectivity index (χ0) is 13.9. The lowest BCUT2D eigenvalue weighted by atomic mass is 9.79. The molecule has 2 atom stereocenters. The highest BCUT2D eigenvalue weighted by Crippen LogP contribution is 2.31. The molecule has 0 radical (unpaired) electrons. The van der Waals surface area contributed by atoms with E-state index in [1.165, 1.54) is 18.3 Å². The van der Waals surface area contributed by atoms with Gasteiger partial charge in [0.25, 0.3) is 5.91 Å². The topological polar surface area (TPSA) is 82.2 Å². The minimum atomic E-state index is -0.796. The lowest BCUT2D eigenvalue weighted by Gasteiger charge is -2.35. The van der Waals surface area contributed by atoms with Crippen LogP contribution in [0.5, 0.6) is 0 Å². The Hall–Kier alpha value is -1.62. The number of rotatable bonds is 3. The number of hydrogen-bond donors (Lipinski definition) is 3. The number of carbonyl (C=O) groups excluding carboxylic acids is 1. The molecule has 0 aliphatic heterocycles. The summed E-state index contributed by atoms with van der Waals surface area (Å²) in [6.07, 6.45) is 4.95. The molecular weight excluding hydrogens is 244 g/mol. The molecule has 1 amide bonds. The van der Waals surface area contributed by atoms with Crippen molar-refractivity contribution in [3.63, 3.8) is 0 Å². The van der Waals surface area contributed by atoms with Gasteiger partial charge in [-0.15, -0.1) is 0 Å². The summed E-state index contributed by atoms with van der Waals surface area (Å²) in [6, 6.07) is 2.79. The van der Waals surface area contributed by atoms with Gasteiger partial charge < -0.3 is 15.4 Å². The van der Waals surface area contributed by atoms with Crippen LogP contribution in [0.3, 0.4) is 0 Å². The molecule has 1 aromatic rings. The van der Waals surface area contributed by atoms with Gasteiger partial charge in [-0.3, -0.25) is 9.59 Å². The Morgan fingerprint density at radius 1 is 1.58 bits per heavy atom. The van der Waals surface area contributed by atoms with Crippen molar-refractivity contribution in [1.29, 1.82) is 0 Å². The SMILES string of the molecule is CC1CCCC(O)(CNC(=O)c2ccc(=O)[nH]c2)C1. The summed E-state index contributed by atoms with van der Waals surface area (Å²) in [4.78, 5) is 25.2. The summed E-state index contributed by atoms with van der Waals surface area (Å²) in [6.45, 7) is 2.38. The Bertz CT molecular complexity index is 491. The van der Waals surface area contributed by atoms with Crippen LogP contribution in [0.2, 0.25) is 0 Å². The minimum Gasteiger partial charge on any atom is -0.388 e. The number of aromatic nitrogens is 1. The van der Waals surface area contributed by atoms with Gasteiger partial charge in [-0.05, 0) is 24.8 Å². The highest BCUT2D eigenvalue weighted by atomic mass is 16.3. The van der Waals surface area contributed by atoms with E-state index in [1.807, 2.05) is 0 Å². The average Bonchev–Trinajstić information content (AvgIpc) is 2.37. The second-order valence-corrected chi connectivity index (χ2v) is 5.55. The molecule has 3 N–H and O–H groups in total. The Balaban J connectivity index is 1.92. The van der Waals surface area contributed by atoms with Crippen LogP contribution in [-0.4, -0.2) is 28.1 Å². The smallest absolute Gasteiger partial charge is 0.252 e. The van der Waals surface area contributed by atoms with Gasteiger partial charge in [-0.2, -0.15) is 0 Å². The first-order valence-corrected chi connectivity index (χ1v) is 6.68. The van der Waals surface area contributed by atoms with E-state index in [4.69, 9.17) is 0 Å². The number of carbonyl (C=O) groups is 1. The molecule has 0 aromatic carbocycles. The van der Waals surface area contributed by atoms with Crippen molar-refractivity contribution in [3.05, 3.63) is 34.2 Å². The summed E-state index contributed by atoms with van der Waals surface area (Å²) in [5.74, 6) is 0.214. The molecule has 2 unspecified atom stereocenters. The summed E-state index contributed by atoms with van der Waals surface area (Å²) < 4.78 is 0. The van der Waals surface area contributed by atoms with E-state index >= 15 is 0 Å². The van der Waals surface area contributed by atoms with Crippen molar-refractivity contribution in [1.82, 2.24) is 10.3 Å². The van der Waals surface area contributed by atoms with Gasteiger partial charge in [0.2, 0.25) is 5.56 Å². The fraction of sp³-hybridized carbons (Fsp3) is 0.571. The molecule has 0 bridgehead atoms. The van der Waals surface area contributed by atoms with E-state index < -0.39 is 5.60 Å². The molecule has 1 heterocycles. The first-order chi connectivity index (χ1) is 8.98. The number of pyridine rings is 1. The fourth-order valence-electron chi connectivity index (χ4n) is 2.69. The monoisotopic (exact) mass is 264 g/mol. The van der Waals surface area contributed by atoms with Crippen LogP contribution < -0.4 is 10.9 Å². The number of H-pyrrole nitrogens is 1. The zero-order valence-corrected chi connectivity index (χ0v) is 11.1. The molecule has 1 aliphatic rings. The van der Waals surface area contributed by atoms with E-state index in [0.29, 0.717) is 11.5 Å². The standard InChI is InChI=1S/C14H20N2O3/c1-10-3-2-6-14(19,7-10)9-16-13(18)11-4-5-12(17)15-8-11/h4-5,8,10,19H,2-3,6-7,9H2,1H3,(H,15,17)(H,16,18). The first kappa shape index (κ1) is 13.8. The highest BCUT2D eigenvalue weighted by molar-refractivity contribution is 5.93. The Morgan fingerprint density at radius 3 is 3.00 bits per heavy atom. The molecule has 5 heteroatoms. The second-order valence-electron chi connectivity index (χ2n) is 5.55. The van der Waals surface area contributed by atoms with Gasteiger partial charge >= 0.3 is 0 Å². The van der Waals surface area contributed by atoms with Crippen molar-refractivity contribution in [2.75, 3.05) is 6.54 Å². The predicted octanol–water partition coefficient (Wildman–Crippen LogP) is 1.05. The molecule has 1 aliphatic carbocycles. The van der Waals surface area contributed by atoms with Crippen molar-refractivity contribution >= 4 is 5.91 Å². The molecular formula is C14H20N2O3. The number of amides is 1. The maximum atomic E-state index is 11.9. The van der Waals surface area contributed by atoms with E-state index in [0.717, 1.165) is 25.7 Å². The maximum Gasteiger partial charge on any atom is 0.252 e. The lowest BCUT2D eigenvalue weighted by Crippen LogP contribution is -2.45. The van der Waals surface area contributed by atoms with Crippen LogP contribution in [0.1, 0.15) is 43.0 Å². The van der Waals surface area contributed by atoms with Crippen LogP contribution in [0.4, 0.5) is 0 Å². The predicted molar refractivity (Wildman–Crippen MR) is 72.0 cm³/mol. The third-order valence-electron chi connectivity index (χ3n) is 3.69. The zero-order valence-electron chi connectivity index (χ0n) is 11.1.